The quantitative estimate of drug-likeness (QED) is 0.824. The van der Waals surface area contributed by atoms with Crippen LogP contribution < -0.4 is 10.5 Å². The van der Waals surface area contributed by atoms with Crippen LogP contribution in [0.1, 0.15) is 0 Å². The third-order valence-electron chi connectivity index (χ3n) is 2.42. The van der Waals surface area contributed by atoms with E-state index in [4.69, 9.17) is 5.73 Å². The Labute approximate surface area is 122 Å². The molecule has 4 nitrogen and oxygen atoms in total. The molecule has 0 radical (unpaired) electrons. The first-order valence-corrected chi connectivity index (χ1v) is 7.60. The lowest BCUT2D eigenvalue weighted by Crippen LogP contribution is -2.14. The molecule has 106 valence electrons. The van der Waals surface area contributed by atoms with Crippen molar-refractivity contribution in [1.82, 2.24) is 0 Å². The van der Waals surface area contributed by atoms with E-state index < -0.39 is 21.7 Å². The molecule has 0 aromatic heterocycles. The van der Waals surface area contributed by atoms with Crippen molar-refractivity contribution < 1.29 is 17.2 Å². The number of anilines is 2. The van der Waals surface area contributed by atoms with Crippen molar-refractivity contribution in [3.05, 3.63) is 52.5 Å². The molecule has 0 amide bonds. The molecule has 0 fully saturated rings. The summed E-state index contributed by atoms with van der Waals surface area (Å²) in [4.78, 5) is -0.101. The largest absolute Gasteiger partial charge is 0.399 e. The molecule has 2 rings (SSSR count). The van der Waals surface area contributed by atoms with Gasteiger partial charge in [0.25, 0.3) is 10.0 Å². The number of hydrogen-bond acceptors (Lipinski definition) is 3. The molecule has 0 saturated heterocycles. The van der Waals surface area contributed by atoms with Crippen molar-refractivity contribution in [2.24, 2.45) is 0 Å². The van der Waals surface area contributed by atoms with Crippen LogP contribution in [0.25, 0.3) is 0 Å². The Balaban J connectivity index is 2.41. The lowest BCUT2D eigenvalue weighted by Gasteiger charge is -2.10. The van der Waals surface area contributed by atoms with Gasteiger partial charge in [-0.15, -0.1) is 0 Å². The Morgan fingerprint density at radius 3 is 2.40 bits per heavy atom. The van der Waals surface area contributed by atoms with Gasteiger partial charge in [-0.05, 0) is 46.3 Å². The van der Waals surface area contributed by atoms with Gasteiger partial charge in [-0.3, -0.25) is 4.72 Å². The van der Waals surface area contributed by atoms with E-state index in [1.165, 1.54) is 18.2 Å². The van der Waals surface area contributed by atoms with Crippen LogP contribution in [0.3, 0.4) is 0 Å². The van der Waals surface area contributed by atoms with Crippen LogP contribution >= 0.6 is 15.9 Å². The number of sulfonamides is 1. The zero-order valence-electron chi connectivity index (χ0n) is 9.90. The van der Waals surface area contributed by atoms with E-state index in [0.717, 1.165) is 12.1 Å². The maximum Gasteiger partial charge on any atom is 0.263 e. The van der Waals surface area contributed by atoms with Gasteiger partial charge in [-0.2, -0.15) is 0 Å². The van der Waals surface area contributed by atoms with Crippen LogP contribution in [-0.4, -0.2) is 8.42 Å². The molecule has 2 aromatic rings. The monoisotopic (exact) mass is 362 g/mol. The molecule has 0 aliphatic carbocycles. The summed E-state index contributed by atoms with van der Waals surface area (Å²) in [7, 11) is -4.01. The summed E-state index contributed by atoms with van der Waals surface area (Å²) in [5, 5.41) is 0. The summed E-state index contributed by atoms with van der Waals surface area (Å²) < 4.78 is 52.8. The summed E-state index contributed by atoms with van der Waals surface area (Å²) in [6.07, 6.45) is 0. The Bertz CT molecular complexity index is 766. The van der Waals surface area contributed by atoms with Gasteiger partial charge in [0.2, 0.25) is 0 Å². The highest BCUT2D eigenvalue weighted by Gasteiger charge is 2.19. The summed E-state index contributed by atoms with van der Waals surface area (Å²) in [6, 6.07) is 6.65. The predicted molar refractivity (Wildman–Crippen MR) is 75.7 cm³/mol. The second-order valence-electron chi connectivity index (χ2n) is 3.92. The average Bonchev–Trinajstić information content (AvgIpc) is 2.32. The first kappa shape index (κ1) is 14.7. The molecule has 8 heteroatoms. The normalized spacial score (nSPS) is 11.3. The number of nitrogen functional groups attached to an aromatic ring is 1. The maximum absolute atomic E-state index is 13.5. The van der Waals surface area contributed by atoms with E-state index >= 15 is 0 Å². The molecule has 0 spiro atoms. The number of rotatable bonds is 3. The van der Waals surface area contributed by atoms with E-state index in [1.807, 2.05) is 0 Å². The van der Waals surface area contributed by atoms with Gasteiger partial charge in [0, 0.05) is 16.2 Å². The van der Waals surface area contributed by atoms with Gasteiger partial charge >= 0.3 is 0 Å². The number of nitrogens with one attached hydrogen (secondary N) is 1. The molecule has 0 aliphatic rings. The topological polar surface area (TPSA) is 72.2 Å². The lowest BCUT2D eigenvalue weighted by atomic mass is 10.3. The van der Waals surface area contributed by atoms with E-state index in [2.05, 4.69) is 20.7 Å². The number of benzene rings is 2. The molecule has 3 N–H and O–H groups in total. The molecule has 20 heavy (non-hydrogen) atoms. The Hall–Kier alpha value is -1.67. The third kappa shape index (κ3) is 3.07. The fraction of sp³-hybridized carbons (Fsp3) is 0. The lowest BCUT2D eigenvalue weighted by molar-refractivity contribution is 0.582. The Morgan fingerprint density at radius 1 is 1.10 bits per heavy atom. The second kappa shape index (κ2) is 5.37. The van der Waals surface area contributed by atoms with Crippen LogP contribution in [0.2, 0.25) is 0 Å². The molecule has 0 bridgehead atoms. The second-order valence-corrected chi connectivity index (χ2v) is 6.42. The van der Waals surface area contributed by atoms with Gasteiger partial charge in [-0.1, -0.05) is 0 Å². The minimum absolute atomic E-state index is 0.101. The van der Waals surface area contributed by atoms with E-state index in [1.54, 1.807) is 0 Å². The van der Waals surface area contributed by atoms with Crippen LogP contribution in [0.5, 0.6) is 0 Å². The van der Waals surface area contributed by atoms with E-state index in [0.29, 0.717) is 11.8 Å². The fourth-order valence-corrected chi connectivity index (χ4v) is 3.67. The highest BCUT2D eigenvalue weighted by Crippen LogP contribution is 2.27. The maximum atomic E-state index is 13.5. The molecule has 0 saturated carbocycles. The Morgan fingerprint density at radius 2 is 1.80 bits per heavy atom. The fourth-order valence-electron chi connectivity index (χ4n) is 1.51. The smallest absolute Gasteiger partial charge is 0.263 e. The van der Waals surface area contributed by atoms with Crippen molar-refractivity contribution in [1.29, 1.82) is 0 Å². The molecule has 0 atom stereocenters. The van der Waals surface area contributed by atoms with Gasteiger partial charge in [0.1, 0.15) is 16.5 Å². The van der Waals surface area contributed by atoms with Crippen molar-refractivity contribution >= 4 is 37.3 Å². The van der Waals surface area contributed by atoms with Crippen LogP contribution in [0.4, 0.5) is 20.2 Å². The highest BCUT2D eigenvalue weighted by atomic mass is 79.9. The summed E-state index contributed by atoms with van der Waals surface area (Å²) in [5.74, 6) is -1.79. The van der Waals surface area contributed by atoms with Gasteiger partial charge in [0.05, 0.1) is 5.69 Å². The van der Waals surface area contributed by atoms with Crippen LogP contribution in [-0.2, 0) is 10.0 Å². The number of halogens is 3. The van der Waals surface area contributed by atoms with Crippen molar-refractivity contribution in [2.75, 3.05) is 10.5 Å². The summed E-state index contributed by atoms with van der Waals surface area (Å²) >= 11 is 3.07. The SMILES string of the molecule is Nc1ccc(S(=O)(=O)Nc2ccc(F)cc2F)c(Br)c1. The molecular formula is C12H9BrF2N2O2S. The molecule has 0 aliphatic heterocycles. The van der Waals surface area contributed by atoms with Crippen LogP contribution in [0.15, 0.2) is 45.8 Å². The number of hydrogen-bond donors (Lipinski definition) is 2. The van der Waals surface area contributed by atoms with Gasteiger partial charge in [0.15, 0.2) is 0 Å². The molecular weight excluding hydrogens is 354 g/mol. The summed E-state index contributed by atoms with van der Waals surface area (Å²) in [6.45, 7) is 0. The Kier molecular flexibility index (Phi) is 3.96. The predicted octanol–water partition coefficient (Wildman–Crippen LogP) is 3.11. The molecule has 0 heterocycles. The first-order chi connectivity index (χ1) is 9.29. The zero-order valence-corrected chi connectivity index (χ0v) is 12.3. The van der Waals surface area contributed by atoms with E-state index in [9.17, 15) is 17.2 Å². The highest BCUT2D eigenvalue weighted by molar-refractivity contribution is 9.10. The minimum atomic E-state index is -4.01. The molecule has 0 unspecified atom stereocenters. The average molecular weight is 363 g/mol. The first-order valence-electron chi connectivity index (χ1n) is 5.32. The minimum Gasteiger partial charge on any atom is -0.399 e. The van der Waals surface area contributed by atoms with Gasteiger partial charge in [-0.25, -0.2) is 17.2 Å². The third-order valence-corrected chi connectivity index (χ3v) is 4.76. The zero-order chi connectivity index (χ0) is 14.9. The van der Waals surface area contributed by atoms with Crippen LogP contribution in [0, 0.1) is 11.6 Å². The van der Waals surface area contributed by atoms with E-state index in [-0.39, 0.29) is 15.1 Å². The molecule has 2 aromatic carbocycles. The number of nitrogens with two attached hydrogens (primary N) is 1. The van der Waals surface area contributed by atoms with Gasteiger partial charge < -0.3 is 5.73 Å². The van der Waals surface area contributed by atoms with Crippen molar-refractivity contribution in [3.8, 4) is 0 Å². The van der Waals surface area contributed by atoms with Crippen molar-refractivity contribution in [2.45, 2.75) is 4.90 Å². The van der Waals surface area contributed by atoms with Crippen molar-refractivity contribution in [3.63, 3.8) is 0 Å². The summed E-state index contributed by atoms with van der Waals surface area (Å²) in [5.41, 5.74) is 5.56. The standard InChI is InChI=1S/C12H9BrF2N2O2S/c13-9-6-8(16)2-4-12(9)20(18,19)17-11-3-1-7(14)5-10(11)15/h1-6,17H,16H2.